The number of methoxy groups -OCH3 is 1. The molecular weight excluding hydrogens is 242 g/mol. The fraction of sp³-hybridized carbons (Fsp3) is 0.214. The third kappa shape index (κ3) is 3.35. The zero-order valence-electron chi connectivity index (χ0n) is 10.6. The van der Waals surface area contributed by atoms with Crippen LogP contribution in [0.3, 0.4) is 0 Å². The number of ether oxygens (including phenoxy) is 1. The van der Waals surface area contributed by atoms with Gasteiger partial charge in [-0.3, -0.25) is 14.8 Å². The van der Waals surface area contributed by atoms with Crippen LogP contribution < -0.4 is 5.73 Å². The van der Waals surface area contributed by atoms with Crippen molar-refractivity contribution in [2.75, 3.05) is 7.11 Å². The van der Waals surface area contributed by atoms with E-state index >= 15 is 0 Å². The van der Waals surface area contributed by atoms with E-state index in [1.807, 2.05) is 30.3 Å². The summed E-state index contributed by atoms with van der Waals surface area (Å²) in [5, 5.41) is 0. The summed E-state index contributed by atoms with van der Waals surface area (Å²) in [4.78, 5) is 19.8. The van der Waals surface area contributed by atoms with E-state index < -0.39 is 12.0 Å². The SMILES string of the molecule is COC(=O)[C@@H](N)Cc1ccc(-c2ccccn2)nc1. The lowest BCUT2D eigenvalue weighted by atomic mass is 10.1. The second-order valence-corrected chi connectivity index (χ2v) is 4.10. The van der Waals surface area contributed by atoms with E-state index in [0.29, 0.717) is 6.42 Å². The van der Waals surface area contributed by atoms with Crippen molar-refractivity contribution in [2.45, 2.75) is 12.5 Å². The van der Waals surface area contributed by atoms with Crippen molar-refractivity contribution >= 4 is 5.97 Å². The first kappa shape index (κ1) is 13.2. The average Bonchev–Trinajstić information content (AvgIpc) is 2.48. The standard InChI is InChI=1S/C14H15N3O2/c1-19-14(18)11(15)8-10-5-6-13(17-9-10)12-4-2-3-7-16-12/h2-7,9,11H,8,15H2,1H3/t11-/m0/s1. The monoisotopic (exact) mass is 257 g/mol. The summed E-state index contributed by atoms with van der Waals surface area (Å²) < 4.78 is 4.58. The van der Waals surface area contributed by atoms with Gasteiger partial charge in [0.25, 0.3) is 0 Å². The Labute approximate surface area is 111 Å². The van der Waals surface area contributed by atoms with Crippen LogP contribution in [-0.2, 0) is 16.0 Å². The predicted molar refractivity (Wildman–Crippen MR) is 71.2 cm³/mol. The molecule has 5 heteroatoms. The zero-order valence-corrected chi connectivity index (χ0v) is 10.6. The molecule has 0 aliphatic rings. The van der Waals surface area contributed by atoms with Gasteiger partial charge in [-0.05, 0) is 30.2 Å². The summed E-state index contributed by atoms with van der Waals surface area (Å²) in [6.07, 6.45) is 3.83. The van der Waals surface area contributed by atoms with Gasteiger partial charge in [0.15, 0.2) is 0 Å². The summed E-state index contributed by atoms with van der Waals surface area (Å²) in [5.74, 6) is -0.422. The molecule has 0 spiro atoms. The van der Waals surface area contributed by atoms with Gasteiger partial charge < -0.3 is 10.5 Å². The Morgan fingerprint density at radius 3 is 2.63 bits per heavy atom. The summed E-state index contributed by atoms with van der Waals surface area (Å²) in [6.45, 7) is 0. The number of pyridine rings is 2. The minimum Gasteiger partial charge on any atom is -0.468 e. The van der Waals surface area contributed by atoms with E-state index in [9.17, 15) is 4.79 Å². The van der Waals surface area contributed by atoms with E-state index in [4.69, 9.17) is 5.73 Å². The van der Waals surface area contributed by atoms with Gasteiger partial charge in [-0.25, -0.2) is 0 Å². The Balaban J connectivity index is 2.09. The van der Waals surface area contributed by atoms with Crippen molar-refractivity contribution in [3.8, 4) is 11.4 Å². The molecule has 2 aromatic rings. The number of esters is 1. The van der Waals surface area contributed by atoms with Crippen LogP contribution in [-0.4, -0.2) is 29.1 Å². The highest BCUT2D eigenvalue weighted by Crippen LogP contribution is 2.14. The number of nitrogens with two attached hydrogens (primary N) is 1. The van der Waals surface area contributed by atoms with Crippen molar-refractivity contribution in [3.05, 3.63) is 48.3 Å². The Kier molecular flexibility index (Phi) is 4.20. The molecule has 19 heavy (non-hydrogen) atoms. The summed E-state index contributed by atoms with van der Waals surface area (Å²) >= 11 is 0. The molecule has 2 heterocycles. The van der Waals surface area contributed by atoms with Crippen LogP contribution in [0, 0.1) is 0 Å². The largest absolute Gasteiger partial charge is 0.468 e. The zero-order chi connectivity index (χ0) is 13.7. The number of rotatable bonds is 4. The van der Waals surface area contributed by atoms with E-state index in [1.165, 1.54) is 7.11 Å². The quantitative estimate of drug-likeness (QED) is 0.832. The predicted octanol–water partition coefficient (Wildman–Crippen LogP) is 1.19. The lowest BCUT2D eigenvalue weighted by molar-refractivity contribution is -0.142. The molecule has 2 N–H and O–H groups in total. The first-order valence-electron chi connectivity index (χ1n) is 5.90. The molecule has 5 nitrogen and oxygen atoms in total. The Morgan fingerprint density at radius 2 is 2.05 bits per heavy atom. The third-order valence-corrected chi connectivity index (χ3v) is 2.71. The van der Waals surface area contributed by atoms with Crippen molar-refractivity contribution in [3.63, 3.8) is 0 Å². The van der Waals surface area contributed by atoms with Crippen molar-refractivity contribution in [2.24, 2.45) is 5.73 Å². The van der Waals surface area contributed by atoms with E-state index in [0.717, 1.165) is 17.0 Å². The van der Waals surface area contributed by atoms with Gasteiger partial charge in [0.2, 0.25) is 0 Å². The minimum absolute atomic E-state index is 0.405. The maximum absolute atomic E-state index is 11.2. The average molecular weight is 257 g/mol. The summed E-state index contributed by atoms with van der Waals surface area (Å²) in [7, 11) is 1.32. The molecule has 1 atom stereocenters. The topological polar surface area (TPSA) is 78.1 Å². The first-order chi connectivity index (χ1) is 9.20. The van der Waals surface area contributed by atoms with Crippen LogP contribution in [0.1, 0.15) is 5.56 Å². The molecule has 0 aromatic carbocycles. The number of hydrogen-bond donors (Lipinski definition) is 1. The van der Waals surface area contributed by atoms with Crippen molar-refractivity contribution < 1.29 is 9.53 Å². The lowest BCUT2D eigenvalue weighted by Gasteiger charge is -2.09. The Hall–Kier alpha value is -2.27. The number of carbonyl (C=O) groups excluding carboxylic acids is 1. The molecule has 0 bridgehead atoms. The van der Waals surface area contributed by atoms with Gasteiger partial charge in [0.05, 0.1) is 18.5 Å². The third-order valence-electron chi connectivity index (χ3n) is 2.71. The number of aromatic nitrogens is 2. The molecule has 0 aliphatic heterocycles. The second-order valence-electron chi connectivity index (χ2n) is 4.10. The van der Waals surface area contributed by atoms with Crippen LogP contribution >= 0.6 is 0 Å². The Morgan fingerprint density at radius 1 is 1.26 bits per heavy atom. The van der Waals surface area contributed by atoms with E-state index in [2.05, 4.69) is 14.7 Å². The maximum atomic E-state index is 11.2. The fourth-order valence-corrected chi connectivity index (χ4v) is 1.70. The minimum atomic E-state index is -0.660. The number of hydrogen-bond acceptors (Lipinski definition) is 5. The van der Waals surface area contributed by atoms with E-state index in [1.54, 1.807) is 12.4 Å². The highest BCUT2D eigenvalue weighted by Gasteiger charge is 2.14. The Bertz CT molecular complexity index is 540. The van der Waals surface area contributed by atoms with Crippen LogP contribution in [0.15, 0.2) is 42.7 Å². The highest BCUT2D eigenvalue weighted by molar-refractivity contribution is 5.75. The fourth-order valence-electron chi connectivity index (χ4n) is 1.70. The normalized spacial score (nSPS) is 11.9. The maximum Gasteiger partial charge on any atom is 0.322 e. The molecule has 0 amide bonds. The summed E-state index contributed by atoms with van der Waals surface area (Å²) in [6, 6.07) is 8.75. The van der Waals surface area contributed by atoms with E-state index in [-0.39, 0.29) is 0 Å². The molecule has 0 saturated carbocycles. The summed E-state index contributed by atoms with van der Waals surface area (Å²) in [5.41, 5.74) is 8.18. The molecule has 0 saturated heterocycles. The van der Waals surface area contributed by atoms with Crippen molar-refractivity contribution in [1.29, 1.82) is 0 Å². The number of nitrogens with zero attached hydrogens (tertiary/aromatic N) is 2. The van der Waals surface area contributed by atoms with Crippen LogP contribution in [0.25, 0.3) is 11.4 Å². The van der Waals surface area contributed by atoms with Crippen LogP contribution in [0.2, 0.25) is 0 Å². The smallest absolute Gasteiger partial charge is 0.322 e. The molecule has 0 fully saturated rings. The van der Waals surface area contributed by atoms with Gasteiger partial charge in [0, 0.05) is 12.4 Å². The van der Waals surface area contributed by atoms with Gasteiger partial charge in [-0.2, -0.15) is 0 Å². The van der Waals surface area contributed by atoms with Gasteiger partial charge in [0.1, 0.15) is 6.04 Å². The molecule has 0 unspecified atom stereocenters. The molecule has 2 rings (SSSR count). The first-order valence-corrected chi connectivity index (χ1v) is 5.90. The van der Waals surface area contributed by atoms with Crippen LogP contribution in [0.4, 0.5) is 0 Å². The molecule has 0 aliphatic carbocycles. The van der Waals surface area contributed by atoms with Crippen LogP contribution in [0.5, 0.6) is 0 Å². The highest BCUT2D eigenvalue weighted by atomic mass is 16.5. The molecule has 0 radical (unpaired) electrons. The van der Waals surface area contributed by atoms with Gasteiger partial charge in [-0.1, -0.05) is 12.1 Å². The van der Waals surface area contributed by atoms with Gasteiger partial charge >= 0.3 is 5.97 Å². The van der Waals surface area contributed by atoms with Gasteiger partial charge in [-0.15, -0.1) is 0 Å². The molecular formula is C14H15N3O2. The lowest BCUT2D eigenvalue weighted by Crippen LogP contribution is -2.33. The second kappa shape index (κ2) is 6.06. The number of carbonyl (C=O) groups is 1. The molecule has 98 valence electrons. The van der Waals surface area contributed by atoms with Crippen molar-refractivity contribution in [1.82, 2.24) is 9.97 Å². The molecule has 2 aromatic heterocycles.